The molecule has 6 aliphatic rings. The highest BCUT2D eigenvalue weighted by Gasteiger charge is 2.62. The van der Waals surface area contributed by atoms with Gasteiger partial charge in [-0.15, -0.1) is 13.2 Å². The molecule has 4 amide bonds. The fourth-order valence-corrected chi connectivity index (χ4v) is 9.62. The van der Waals surface area contributed by atoms with Crippen LogP contribution in [0.25, 0.3) is 0 Å². The van der Waals surface area contributed by atoms with Crippen molar-refractivity contribution in [1.82, 2.24) is 0 Å². The van der Waals surface area contributed by atoms with Gasteiger partial charge in [-0.25, -0.2) is 0 Å². The van der Waals surface area contributed by atoms with Gasteiger partial charge in [0.1, 0.15) is 0 Å². The van der Waals surface area contributed by atoms with Gasteiger partial charge in [0.15, 0.2) is 0 Å². The van der Waals surface area contributed by atoms with Crippen LogP contribution >= 0.6 is 0 Å². The molecular weight excluding hydrogens is 560 g/mol. The Labute approximate surface area is 264 Å². The van der Waals surface area contributed by atoms with Crippen molar-refractivity contribution in [1.29, 1.82) is 0 Å². The zero-order chi connectivity index (χ0) is 31.1. The van der Waals surface area contributed by atoms with Gasteiger partial charge in [-0.1, -0.05) is 66.6 Å². The van der Waals surface area contributed by atoms with Crippen LogP contribution in [0.4, 0.5) is 11.4 Å². The van der Waals surface area contributed by atoms with Gasteiger partial charge in [-0.2, -0.15) is 0 Å². The molecule has 0 N–H and O–H groups in total. The van der Waals surface area contributed by atoms with Gasteiger partial charge in [0.2, 0.25) is 23.6 Å². The summed E-state index contributed by atoms with van der Waals surface area (Å²) in [5.41, 5.74) is 5.95. The number of amides is 4. The first-order chi connectivity index (χ1) is 21.8. The summed E-state index contributed by atoms with van der Waals surface area (Å²) in [6.07, 6.45) is 12.6. The molecule has 2 aromatic rings. The summed E-state index contributed by atoms with van der Waals surface area (Å²) in [5.74, 6) is -0.412. The number of hydrogen-bond donors (Lipinski definition) is 0. The molecule has 2 saturated carbocycles. The third-order valence-corrected chi connectivity index (χ3v) is 11.7. The highest BCUT2D eigenvalue weighted by atomic mass is 16.2. The highest BCUT2D eigenvalue weighted by molar-refractivity contribution is 6.23. The SMILES string of the molecule is C=CCCC1=CC2CC1C1C(=O)N(c3ccc(Cc4ccc(N5C(=O)C6C7C=C(C(C)C=C)C(C7)C6C5=O)cc4)cc3)C(=O)C21. The smallest absolute Gasteiger partial charge is 0.238 e. The Morgan fingerprint density at radius 3 is 1.73 bits per heavy atom. The number of benzene rings is 2. The zero-order valence-corrected chi connectivity index (χ0v) is 25.6. The fraction of sp³-hybridized carbons (Fsp3) is 0.385. The molecule has 2 aliphatic heterocycles. The standard InChI is InChI=1S/C39H38N2O4/c1-4-6-7-24-17-25-19-30(24)34-32(25)36(42)40(38(34)44)27-12-8-22(9-13-27)16-23-10-14-28(15-11-23)41-37(43)33-26-18-29(21(3)5-2)31(20-26)35(33)39(41)45/h4-5,8-15,17-18,21,25-26,30-35H,1-2,6-7,16,19-20H2,3H3. The number of allylic oxidation sites excluding steroid dienone is 6. The van der Waals surface area contributed by atoms with E-state index < -0.39 is 0 Å². The van der Waals surface area contributed by atoms with E-state index in [1.807, 2.05) is 60.7 Å². The Hall–Kier alpha value is -4.32. The predicted molar refractivity (Wildman–Crippen MR) is 173 cm³/mol. The molecule has 2 heterocycles. The van der Waals surface area contributed by atoms with Gasteiger partial charge >= 0.3 is 0 Å². The van der Waals surface area contributed by atoms with Gasteiger partial charge in [-0.3, -0.25) is 29.0 Å². The Kier molecular flexibility index (Phi) is 6.49. The first-order valence-electron chi connectivity index (χ1n) is 16.4. The number of carbonyl (C=O) groups excluding carboxylic acids is 4. The van der Waals surface area contributed by atoms with E-state index in [2.05, 4.69) is 32.2 Å². The Morgan fingerprint density at radius 1 is 0.711 bits per heavy atom. The van der Waals surface area contributed by atoms with Crippen molar-refractivity contribution < 1.29 is 19.2 Å². The van der Waals surface area contributed by atoms with Crippen LogP contribution in [0, 0.1) is 53.3 Å². The molecule has 0 radical (unpaired) electrons. The molecule has 228 valence electrons. The molecule has 4 fully saturated rings. The van der Waals surface area contributed by atoms with Crippen LogP contribution in [-0.4, -0.2) is 23.6 Å². The Bertz CT molecular complexity index is 1720. The highest BCUT2D eigenvalue weighted by Crippen LogP contribution is 2.58. The molecule has 4 aliphatic carbocycles. The third-order valence-electron chi connectivity index (χ3n) is 11.7. The maximum absolute atomic E-state index is 13.6. The van der Waals surface area contributed by atoms with Crippen LogP contribution in [0.5, 0.6) is 0 Å². The molecule has 8 rings (SSSR count). The van der Waals surface area contributed by atoms with Crippen molar-refractivity contribution in [2.24, 2.45) is 53.3 Å². The first kappa shape index (κ1) is 28.2. The van der Waals surface area contributed by atoms with Crippen LogP contribution in [0.15, 0.2) is 97.1 Å². The molecule has 9 atom stereocenters. The third kappa shape index (κ3) is 4.07. The molecular formula is C39H38N2O4. The van der Waals surface area contributed by atoms with Crippen LogP contribution in [0.1, 0.15) is 43.7 Å². The second-order valence-electron chi connectivity index (χ2n) is 13.9. The summed E-state index contributed by atoms with van der Waals surface area (Å²) >= 11 is 0. The Morgan fingerprint density at radius 2 is 1.20 bits per heavy atom. The summed E-state index contributed by atoms with van der Waals surface area (Å²) in [6.45, 7) is 9.86. The topological polar surface area (TPSA) is 74.8 Å². The largest absolute Gasteiger partial charge is 0.274 e. The van der Waals surface area contributed by atoms with E-state index in [1.165, 1.54) is 20.9 Å². The number of carbonyl (C=O) groups is 4. The number of nitrogens with zero attached hydrogens (tertiary/aromatic N) is 2. The quantitative estimate of drug-likeness (QED) is 0.246. The lowest BCUT2D eigenvalue weighted by Crippen LogP contribution is -2.33. The van der Waals surface area contributed by atoms with E-state index in [0.29, 0.717) is 17.8 Å². The average molecular weight is 599 g/mol. The number of hydrogen-bond acceptors (Lipinski definition) is 4. The van der Waals surface area contributed by atoms with Crippen LogP contribution in [0.2, 0.25) is 0 Å². The Balaban J connectivity index is 0.937. The fourth-order valence-electron chi connectivity index (χ4n) is 9.62. The van der Waals surface area contributed by atoms with E-state index in [-0.39, 0.29) is 76.9 Å². The molecule has 0 spiro atoms. The molecule has 2 saturated heterocycles. The lowest BCUT2D eigenvalue weighted by atomic mass is 9.77. The van der Waals surface area contributed by atoms with Crippen molar-refractivity contribution >= 4 is 35.0 Å². The average Bonchev–Trinajstić information content (AvgIpc) is 3.89. The van der Waals surface area contributed by atoms with Crippen LogP contribution in [0.3, 0.4) is 0 Å². The molecule has 4 bridgehead atoms. The van der Waals surface area contributed by atoms with Gasteiger partial charge < -0.3 is 0 Å². The summed E-state index contributed by atoms with van der Waals surface area (Å²) < 4.78 is 0. The summed E-state index contributed by atoms with van der Waals surface area (Å²) in [4.78, 5) is 56.8. The van der Waals surface area contributed by atoms with Crippen molar-refractivity contribution in [2.45, 2.75) is 39.0 Å². The molecule has 0 aromatic heterocycles. The molecule has 2 aromatic carbocycles. The molecule has 6 heteroatoms. The minimum atomic E-state index is -0.261. The van der Waals surface area contributed by atoms with Gasteiger partial charge in [0.25, 0.3) is 0 Å². The summed E-state index contributed by atoms with van der Waals surface area (Å²) in [5, 5.41) is 0. The van der Waals surface area contributed by atoms with Gasteiger partial charge in [-0.05, 0) is 97.1 Å². The van der Waals surface area contributed by atoms with E-state index in [0.717, 1.165) is 36.8 Å². The second-order valence-corrected chi connectivity index (χ2v) is 13.9. The van der Waals surface area contributed by atoms with Crippen LogP contribution in [-0.2, 0) is 25.6 Å². The maximum Gasteiger partial charge on any atom is 0.238 e. The number of rotatable bonds is 9. The predicted octanol–water partition coefficient (Wildman–Crippen LogP) is 6.43. The monoisotopic (exact) mass is 598 g/mol. The lowest BCUT2D eigenvalue weighted by molar-refractivity contribution is -0.124. The van der Waals surface area contributed by atoms with Crippen LogP contribution < -0.4 is 9.80 Å². The summed E-state index contributed by atoms with van der Waals surface area (Å²) in [7, 11) is 0. The molecule has 9 unspecified atom stereocenters. The van der Waals surface area contributed by atoms with E-state index >= 15 is 0 Å². The van der Waals surface area contributed by atoms with Crippen molar-refractivity contribution in [2.75, 3.05) is 9.80 Å². The number of imide groups is 2. The summed E-state index contributed by atoms with van der Waals surface area (Å²) in [6, 6.07) is 15.4. The first-order valence-corrected chi connectivity index (χ1v) is 16.4. The molecule has 6 nitrogen and oxygen atoms in total. The minimum absolute atomic E-state index is 0.0598. The normalized spacial score (nSPS) is 33.1. The zero-order valence-electron chi connectivity index (χ0n) is 25.6. The van der Waals surface area contributed by atoms with Crippen molar-refractivity contribution in [3.8, 4) is 0 Å². The number of fused-ring (bicyclic) bond motifs is 10. The van der Waals surface area contributed by atoms with Gasteiger partial charge in [0.05, 0.1) is 35.0 Å². The van der Waals surface area contributed by atoms with E-state index in [9.17, 15) is 19.2 Å². The van der Waals surface area contributed by atoms with Crippen molar-refractivity contribution in [3.05, 3.63) is 108 Å². The van der Waals surface area contributed by atoms with E-state index in [4.69, 9.17) is 0 Å². The minimum Gasteiger partial charge on any atom is -0.274 e. The number of anilines is 2. The second kappa shape index (κ2) is 10.4. The van der Waals surface area contributed by atoms with E-state index in [1.54, 1.807) is 0 Å². The lowest BCUT2D eigenvalue weighted by Gasteiger charge is -2.24. The van der Waals surface area contributed by atoms with Crippen molar-refractivity contribution in [3.63, 3.8) is 0 Å². The maximum atomic E-state index is 13.6. The van der Waals surface area contributed by atoms with Gasteiger partial charge in [0, 0.05) is 0 Å². The molecule has 45 heavy (non-hydrogen) atoms.